The van der Waals surface area contributed by atoms with E-state index in [-0.39, 0.29) is 5.91 Å². The van der Waals surface area contributed by atoms with E-state index in [0.717, 1.165) is 12.3 Å². The summed E-state index contributed by atoms with van der Waals surface area (Å²) in [5.74, 6) is 1.02. The summed E-state index contributed by atoms with van der Waals surface area (Å²) in [6.45, 7) is 6.41. The van der Waals surface area contributed by atoms with Gasteiger partial charge in [0.05, 0.1) is 0 Å². The van der Waals surface area contributed by atoms with Gasteiger partial charge >= 0.3 is 0 Å². The Morgan fingerprint density at radius 1 is 1.37 bits per heavy atom. The third kappa shape index (κ3) is 3.59. The van der Waals surface area contributed by atoms with Gasteiger partial charge in [-0.15, -0.1) is 0 Å². The first-order valence-corrected chi connectivity index (χ1v) is 7.31. The fourth-order valence-electron chi connectivity index (χ4n) is 2.67. The Morgan fingerprint density at radius 3 is 2.63 bits per heavy atom. The van der Waals surface area contributed by atoms with Crippen LogP contribution in [-0.4, -0.2) is 23.9 Å². The van der Waals surface area contributed by atoms with Gasteiger partial charge in [-0.25, -0.2) is 0 Å². The Balaban J connectivity index is 1.88. The van der Waals surface area contributed by atoms with Crippen LogP contribution in [-0.2, 0) is 11.2 Å². The van der Waals surface area contributed by atoms with Gasteiger partial charge in [-0.3, -0.25) is 4.79 Å². The number of amides is 1. The smallest absolute Gasteiger partial charge is 0.222 e. The molecule has 0 heterocycles. The molecule has 2 rings (SSSR count). The number of benzene rings is 1. The van der Waals surface area contributed by atoms with E-state index in [0.29, 0.717) is 12.5 Å². The summed E-state index contributed by atoms with van der Waals surface area (Å²) in [6.07, 6.45) is 4.05. The molecule has 0 spiro atoms. The van der Waals surface area contributed by atoms with Crippen molar-refractivity contribution in [3.63, 3.8) is 0 Å². The molecule has 0 N–H and O–H groups in total. The van der Waals surface area contributed by atoms with Gasteiger partial charge in [0.25, 0.3) is 0 Å². The maximum Gasteiger partial charge on any atom is 0.222 e. The van der Waals surface area contributed by atoms with Crippen LogP contribution in [0.1, 0.15) is 42.9 Å². The van der Waals surface area contributed by atoms with E-state index in [9.17, 15) is 4.79 Å². The van der Waals surface area contributed by atoms with Crippen LogP contribution in [0.15, 0.2) is 18.2 Å². The Morgan fingerprint density at radius 2 is 2.05 bits per heavy atom. The molecule has 0 radical (unpaired) electrons. The largest absolute Gasteiger partial charge is 0.343 e. The normalized spacial score (nSPS) is 16.2. The van der Waals surface area contributed by atoms with E-state index in [1.165, 1.54) is 29.5 Å². The molecule has 0 aromatic heterocycles. The Labute approximate surface area is 116 Å². The van der Waals surface area contributed by atoms with Crippen molar-refractivity contribution >= 4 is 5.91 Å². The number of carbonyl (C=O) groups excluding carboxylic acids is 1. The van der Waals surface area contributed by atoms with Crippen molar-refractivity contribution < 1.29 is 4.79 Å². The number of hydrogen-bond donors (Lipinski definition) is 0. The lowest BCUT2D eigenvalue weighted by Gasteiger charge is -2.25. The highest BCUT2D eigenvalue weighted by molar-refractivity contribution is 5.76. The fourth-order valence-corrected chi connectivity index (χ4v) is 2.67. The van der Waals surface area contributed by atoms with Crippen LogP contribution >= 0.6 is 0 Å². The molecule has 0 bridgehead atoms. The molecule has 1 aromatic rings. The topological polar surface area (TPSA) is 20.3 Å². The first-order chi connectivity index (χ1) is 8.99. The predicted molar refractivity (Wildman–Crippen MR) is 79.2 cm³/mol. The monoisotopic (exact) mass is 259 g/mol. The minimum absolute atomic E-state index is 0.277. The van der Waals surface area contributed by atoms with Crippen molar-refractivity contribution in [1.29, 1.82) is 0 Å². The third-order valence-electron chi connectivity index (χ3n) is 4.41. The van der Waals surface area contributed by atoms with E-state index < -0.39 is 0 Å². The minimum atomic E-state index is 0.277. The summed E-state index contributed by atoms with van der Waals surface area (Å²) in [6, 6.07) is 6.88. The number of aryl methyl sites for hydroxylation is 3. The molecule has 2 heteroatoms. The molecule has 1 aliphatic rings. The van der Waals surface area contributed by atoms with Crippen LogP contribution in [0, 0.1) is 19.8 Å². The highest BCUT2D eigenvalue weighted by Gasteiger charge is 2.32. The minimum Gasteiger partial charge on any atom is -0.343 e. The summed E-state index contributed by atoms with van der Waals surface area (Å²) in [5, 5.41) is 0. The van der Waals surface area contributed by atoms with Crippen molar-refractivity contribution in [1.82, 2.24) is 4.90 Å². The van der Waals surface area contributed by atoms with Crippen LogP contribution in [0.2, 0.25) is 0 Å². The van der Waals surface area contributed by atoms with Gasteiger partial charge in [0, 0.05) is 19.5 Å². The second kappa shape index (κ2) is 5.77. The summed E-state index contributed by atoms with van der Waals surface area (Å²) in [7, 11) is 1.95. The van der Waals surface area contributed by atoms with Crippen molar-refractivity contribution in [3.05, 3.63) is 34.9 Å². The predicted octanol–water partition coefficient (Wildman–Crippen LogP) is 3.49. The van der Waals surface area contributed by atoms with Gasteiger partial charge in [-0.05, 0) is 57.1 Å². The highest BCUT2D eigenvalue weighted by Crippen LogP contribution is 2.34. The number of nitrogens with zero attached hydrogens (tertiary/aromatic N) is 1. The number of carbonyl (C=O) groups is 1. The zero-order valence-electron chi connectivity index (χ0n) is 12.6. The van der Waals surface area contributed by atoms with Crippen molar-refractivity contribution in [2.24, 2.45) is 5.92 Å². The molecule has 1 saturated carbocycles. The van der Waals surface area contributed by atoms with E-state index >= 15 is 0 Å². The van der Waals surface area contributed by atoms with Crippen molar-refractivity contribution in [2.75, 3.05) is 7.05 Å². The lowest BCUT2D eigenvalue weighted by molar-refractivity contribution is -0.132. The van der Waals surface area contributed by atoms with Gasteiger partial charge in [-0.1, -0.05) is 23.8 Å². The fraction of sp³-hybridized carbons (Fsp3) is 0.588. The lowest BCUT2D eigenvalue weighted by Crippen LogP contribution is -2.36. The zero-order valence-corrected chi connectivity index (χ0v) is 12.6. The van der Waals surface area contributed by atoms with Gasteiger partial charge in [-0.2, -0.15) is 0 Å². The maximum absolute atomic E-state index is 12.2. The molecule has 1 aliphatic carbocycles. The van der Waals surface area contributed by atoms with Crippen molar-refractivity contribution in [3.8, 4) is 0 Å². The highest BCUT2D eigenvalue weighted by atomic mass is 16.2. The second-order valence-electron chi connectivity index (χ2n) is 6.01. The van der Waals surface area contributed by atoms with Gasteiger partial charge in [0.2, 0.25) is 5.91 Å². The van der Waals surface area contributed by atoms with E-state index in [2.05, 4.69) is 39.0 Å². The quantitative estimate of drug-likeness (QED) is 0.792. The molecule has 1 fully saturated rings. The van der Waals surface area contributed by atoms with Crippen LogP contribution in [0.3, 0.4) is 0 Å². The standard InChI is InChI=1S/C17H25NO/c1-12-5-6-15(13(2)11-12)9-10-17(19)18(4)14(3)16-7-8-16/h5-6,11,14,16H,7-10H2,1-4H3. The first kappa shape index (κ1) is 14.1. The molecular formula is C17H25NO. The Kier molecular flexibility index (Phi) is 4.28. The molecule has 1 atom stereocenters. The summed E-state index contributed by atoms with van der Waals surface area (Å²) < 4.78 is 0. The van der Waals surface area contributed by atoms with E-state index in [1.807, 2.05) is 11.9 Å². The first-order valence-electron chi connectivity index (χ1n) is 7.31. The number of rotatable bonds is 5. The van der Waals surface area contributed by atoms with Crippen LogP contribution < -0.4 is 0 Å². The molecule has 1 amide bonds. The molecule has 19 heavy (non-hydrogen) atoms. The summed E-state index contributed by atoms with van der Waals surface area (Å²) in [5.41, 5.74) is 3.88. The average Bonchev–Trinajstić information content (AvgIpc) is 3.20. The van der Waals surface area contributed by atoms with E-state index in [1.54, 1.807) is 0 Å². The van der Waals surface area contributed by atoms with E-state index in [4.69, 9.17) is 0 Å². The molecule has 0 aliphatic heterocycles. The third-order valence-corrected chi connectivity index (χ3v) is 4.41. The second-order valence-corrected chi connectivity index (χ2v) is 6.01. The van der Waals surface area contributed by atoms with Gasteiger partial charge in [0.15, 0.2) is 0 Å². The molecule has 0 saturated heterocycles. The number of hydrogen-bond acceptors (Lipinski definition) is 1. The molecule has 104 valence electrons. The Hall–Kier alpha value is -1.31. The summed E-state index contributed by atoms with van der Waals surface area (Å²) in [4.78, 5) is 14.1. The molecular weight excluding hydrogens is 234 g/mol. The molecule has 2 nitrogen and oxygen atoms in total. The van der Waals surface area contributed by atoms with Crippen LogP contribution in [0.25, 0.3) is 0 Å². The lowest BCUT2D eigenvalue weighted by atomic mass is 10.0. The maximum atomic E-state index is 12.2. The van der Waals surface area contributed by atoms with Crippen LogP contribution in [0.4, 0.5) is 0 Å². The van der Waals surface area contributed by atoms with Gasteiger partial charge < -0.3 is 4.90 Å². The zero-order chi connectivity index (χ0) is 14.0. The average molecular weight is 259 g/mol. The summed E-state index contributed by atoms with van der Waals surface area (Å²) >= 11 is 0. The van der Waals surface area contributed by atoms with Gasteiger partial charge in [0.1, 0.15) is 0 Å². The molecule has 1 aromatic carbocycles. The van der Waals surface area contributed by atoms with Crippen LogP contribution in [0.5, 0.6) is 0 Å². The Bertz CT molecular complexity index is 462. The van der Waals surface area contributed by atoms with Crippen molar-refractivity contribution in [2.45, 2.75) is 52.5 Å². The molecule has 1 unspecified atom stereocenters. The SMILES string of the molecule is Cc1ccc(CCC(=O)N(C)C(C)C2CC2)c(C)c1.